The van der Waals surface area contributed by atoms with Crippen LogP contribution in [0.4, 0.5) is 4.39 Å². The van der Waals surface area contributed by atoms with E-state index >= 15 is 0 Å². The highest BCUT2D eigenvalue weighted by Crippen LogP contribution is 2.57. The molecule has 4 aliphatic rings. The smallest absolute Gasteiger partial charge is 0.200 e. The molecular weight excluding hydrogens is 251 g/mol. The van der Waals surface area contributed by atoms with Crippen LogP contribution in [0, 0.1) is 17.8 Å². The van der Waals surface area contributed by atoms with Crippen LogP contribution in [0.3, 0.4) is 0 Å². The largest absolute Gasteiger partial charge is 0.282 e. The van der Waals surface area contributed by atoms with Gasteiger partial charge in [-0.1, -0.05) is 13.3 Å². The van der Waals surface area contributed by atoms with Gasteiger partial charge in [0.2, 0.25) is 0 Å². The van der Waals surface area contributed by atoms with Crippen LogP contribution in [0.25, 0.3) is 0 Å². The maximum absolute atomic E-state index is 13.7. The van der Waals surface area contributed by atoms with Crippen molar-refractivity contribution >= 4 is 11.1 Å². The molecule has 2 atom stereocenters. The third-order valence-electron chi connectivity index (χ3n) is 4.97. The SMILES string of the molecule is CCCC(F)S(=O)OC12CC3CC(CC(C3)C1)C2. The van der Waals surface area contributed by atoms with Crippen molar-refractivity contribution in [2.45, 2.75) is 69.4 Å². The van der Waals surface area contributed by atoms with Gasteiger partial charge in [-0.2, -0.15) is 0 Å². The number of hydrogen-bond donors (Lipinski definition) is 0. The zero-order chi connectivity index (χ0) is 12.8. The van der Waals surface area contributed by atoms with Crippen LogP contribution in [-0.4, -0.2) is 15.3 Å². The van der Waals surface area contributed by atoms with Crippen molar-refractivity contribution in [1.82, 2.24) is 0 Å². The summed E-state index contributed by atoms with van der Waals surface area (Å²) in [6.45, 7) is 1.91. The van der Waals surface area contributed by atoms with Crippen molar-refractivity contribution < 1.29 is 12.8 Å². The summed E-state index contributed by atoms with van der Waals surface area (Å²) >= 11 is -1.74. The monoisotopic (exact) mass is 274 g/mol. The van der Waals surface area contributed by atoms with Crippen LogP contribution in [0.2, 0.25) is 0 Å². The van der Waals surface area contributed by atoms with Gasteiger partial charge in [-0.05, 0) is 62.7 Å². The van der Waals surface area contributed by atoms with Gasteiger partial charge in [0, 0.05) is 0 Å². The van der Waals surface area contributed by atoms with Gasteiger partial charge in [0.25, 0.3) is 0 Å². The lowest BCUT2D eigenvalue weighted by atomic mass is 9.54. The summed E-state index contributed by atoms with van der Waals surface area (Å²) in [5, 5.41) is 0. The molecule has 4 rings (SSSR count). The van der Waals surface area contributed by atoms with Gasteiger partial charge in [-0.25, -0.2) is 8.60 Å². The molecule has 0 aliphatic heterocycles. The van der Waals surface area contributed by atoms with Crippen molar-refractivity contribution in [1.29, 1.82) is 0 Å². The molecule has 2 nitrogen and oxygen atoms in total. The lowest BCUT2D eigenvalue weighted by Gasteiger charge is -2.55. The molecule has 4 aliphatic carbocycles. The van der Waals surface area contributed by atoms with Gasteiger partial charge in [0.05, 0.1) is 5.60 Å². The molecule has 4 fully saturated rings. The fourth-order valence-electron chi connectivity index (χ4n) is 4.68. The Bertz CT molecular complexity index is 309. The molecule has 2 unspecified atom stereocenters. The zero-order valence-corrected chi connectivity index (χ0v) is 11.9. The van der Waals surface area contributed by atoms with Crippen LogP contribution >= 0.6 is 0 Å². The first-order chi connectivity index (χ1) is 8.60. The lowest BCUT2D eigenvalue weighted by Crippen LogP contribution is -2.52. The van der Waals surface area contributed by atoms with Crippen molar-refractivity contribution in [3.05, 3.63) is 0 Å². The predicted molar refractivity (Wildman–Crippen MR) is 69.9 cm³/mol. The van der Waals surface area contributed by atoms with Crippen LogP contribution in [0.1, 0.15) is 58.3 Å². The van der Waals surface area contributed by atoms with E-state index in [-0.39, 0.29) is 5.60 Å². The molecule has 0 aromatic heterocycles. The summed E-state index contributed by atoms with van der Waals surface area (Å²) in [5.41, 5.74) is -1.54. The Labute approximate surface area is 111 Å². The van der Waals surface area contributed by atoms with Crippen LogP contribution in [-0.2, 0) is 15.3 Å². The van der Waals surface area contributed by atoms with E-state index < -0.39 is 16.6 Å². The Hall–Kier alpha value is 0.0400. The van der Waals surface area contributed by atoms with Crippen molar-refractivity contribution in [2.75, 3.05) is 0 Å². The minimum atomic E-state index is -1.74. The lowest BCUT2D eigenvalue weighted by molar-refractivity contribution is -0.102. The van der Waals surface area contributed by atoms with E-state index in [0.29, 0.717) is 6.42 Å². The van der Waals surface area contributed by atoms with Gasteiger partial charge in [0.15, 0.2) is 16.6 Å². The summed E-state index contributed by atoms with van der Waals surface area (Å²) in [4.78, 5) is 0. The van der Waals surface area contributed by atoms with E-state index in [0.717, 1.165) is 43.4 Å². The first-order valence-electron chi connectivity index (χ1n) is 7.34. The fraction of sp³-hybridized carbons (Fsp3) is 1.00. The molecular formula is C14H23FO2S. The van der Waals surface area contributed by atoms with Crippen molar-refractivity contribution in [3.8, 4) is 0 Å². The molecule has 0 aromatic rings. The Kier molecular flexibility index (Phi) is 3.52. The molecule has 0 heterocycles. The second-order valence-corrected chi connectivity index (χ2v) is 7.84. The van der Waals surface area contributed by atoms with Crippen LogP contribution < -0.4 is 0 Å². The third-order valence-corrected chi connectivity index (χ3v) is 6.14. The molecule has 0 aromatic carbocycles. The van der Waals surface area contributed by atoms with Crippen molar-refractivity contribution in [3.63, 3.8) is 0 Å². The Balaban J connectivity index is 1.67. The summed E-state index contributed by atoms with van der Waals surface area (Å²) in [6.07, 6.45) is 8.09. The number of alkyl halides is 1. The molecule has 0 saturated heterocycles. The number of rotatable bonds is 5. The quantitative estimate of drug-likeness (QED) is 0.763. The molecule has 18 heavy (non-hydrogen) atoms. The Morgan fingerprint density at radius 1 is 1.22 bits per heavy atom. The molecule has 0 radical (unpaired) electrons. The normalized spacial score (nSPS) is 45.1. The van der Waals surface area contributed by atoms with Gasteiger partial charge >= 0.3 is 0 Å². The fourth-order valence-corrected chi connectivity index (χ4v) is 5.77. The predicted octanol–water partition coefficient (Wildman–Crippen LogP) is 3.73. The molecule has 0 N–H and O–H groups in total. The summed E-state index contributed by atoms with van der Waals surface area (Å²) < 4.78 is 31.4. The van der Waals surface area contributed by atoms with Crippen LogP contribution in [0.5, 0.6) is 0 Å². The average Bonchev–Trinajstić information content (AvgIpc) is 2.26. The van der Waals surface area contributed by atoms with E-state index in [4.69, 9.17) is 4.18 Å². The first kappa shape index (κ1) is 13.0. The van der Waals surface area contributed by atoms with Gasteiger partial charge in [-0.15, -0.1) is 0 Å². The van der Waals surface area contributed by atoms with E-state index in [9.17, 15) is 8.60 Å². The summed E-state index contributed by atoms with van der Waals surface area (Å²) in [5.74, 6) is 2.24. The highest BCUT2D eigenvalue weighted by atomic mass is 32.2. The molecule has 0 spiro atoms. The molecule has 4 bridgehead atoms. The van der Waals surface area contributed by atoms with Gasteiger partial charge in [-0.3, -0.25) is 4.18 Å². The van der Waals surface area contributed by atoms with E-state index in [2.05, 4.69) is 0 Å². The Morgan fingerprint density at radius 2 is 1.72 bits per heavy atom. The van der Waals surface area contributed by atoms with Crippen molar-refractivity contribution in [2.24, 2.45) is 17.8 Å². The standard InChI is InChI=1S/C14H23FO2S/c1-2-3-13(15)18(16)17-14-7-10-4-11(8-14)6-12(5-10)9-14/h10-13H,2-9H2,1H3. The average molecular weight is 274 g/mol. The third kappa shape index (κ3) is 2.38. The van der Waals surface area contributed by atoms with E-state index in [1.54, 1.807) is 0 Å². The maximum atomic E-state index is 13.7. The van der Waals surface area contributed by atoms with E-state index in [1.165, 1.54) is 19.3 Å². The highest BCUT2D eigenvalue weighted by Gasteiger charge is 2.53. The zero-order valence-electron chi connectivity index (χ0n) is 11.1. The Morgan fingerprint density at radius 3 is 2.17 bits per heavy atom. The van der Waals surface area contributed by atoms with Gasteiger partial charge < -0.3 is 0 Å². The first-order valence-corrected chi connectivity index (χ1v) is 8.48. The second-order valence-electron chi connectivity index (χ2n) is 6.64. The second kappa shape index (κ2) is 4.86. The van der Waals surface area contributed by atoms with Crippen LogP contribution in [0.15, 0.2) is 0 Å². The molecule has 4 heteroatoms. The summed E-state index contributed by atoms with van der Waals surface area (Å²) in [6, 6.07) is 0. The number of hydrogen-bond acceptors (Lipinski definition) is 2. The summed E-state index contributed by atoms with van der Waals surface area (Å²) in [7, 11) is 0. The highest BCUT2D eigenvalue weighted by molar-refractivity contribution is 7.80. The molecule has 0 amide bonds. The minimum absolute atomic E-state index is 0.238. The number of halogens is 1. The minimum Gasteiger partial charge on any atom is -0.282 e. The molecule has 104 valence electrons. The van der Waals surface area contributed by atoms with Gasteiger partial charge in [0.1, 0.15) is 0 Å². The topological polar surface area (TPSA) is 26.3 Å². The maximum Gasteiger partial charge on any atom is 0.200 e. The van der Waals surface area contributed by atoms with E-state index in [1.807, 2.05) is 6.92 Å². The molecule has 4 saturated carbocycles.